The van der Waals surface area contributed by atoms with Gasteiger partial charge in [-0.2, -0.15) is 0 Å². The van der Waals surface area contributed by atoms with E-state index in [1.807, 2.05) is 30.3 Å². The molecule has 0 fully saturated rings. The summed E-state index contributed by atoms with van der Waals surface area (Å²) in [6.45, 7) is 2.65. The summed E-state index contributed by atoms with van der Waals surface area (Å²) in [7, 11) is 0. The lowest BCUT2D eigenvalue weighted by atomic mass is 9.97. The maximum absolute atomic E-state index is 12.6. The number of rotatable bonds is 11. The Hall–Kier alpha value is -4.00. The number of benzene rings is 3. The van der Waals surface area contributed by atoms with E-state index in [4.69, 9.17) is 16.2 Å². The molecule has 2 unspecified atom stereocenters. The van der Waals surface area contributed by atoms with Crippen LogP contribution in [0.2, 0.25) is 0 Å². The van der Waals surface area contributed by atoms with Crippen molar-refractivity contribution < 1.29 is 9.53 Å². The van der Waals surface area contributed by atoms with Gasteiger partial charge >= 0.3 is 0 Å². The maximum atomic E-state index is 12.6. The first-order valence-electron chi connectivity index (χ1n) is 12.7. The smallest absolute Gasteiger partial charge is 0.255 e. The molecule has 0 saturated heterocycles. The minimum Gasteiger partial charge on any atom is -0.382 e. The Morgan fingerprint density at radius 1 is 0.919 bits per heavy atom. The molecule has 1 aromatic heterocycles. The first-order chi connectivity index (χ1) is 18.0. The van der Waals surface area contributed by atoms with E-state index >= 15 is 0 Å². The number of aromatic nitrogens is 1. The highest BCUT2D eigenvalue weighted by Crippen LogP contribution is 2.25. The van der Waals surface area contributed by atoms with Crippen LogP contribution in [-0.4, -0.2) is 17.0 Å². The monoisotopic (exact) mass is 494 g/mol. The topological polar surface area (TPSA) is 103 Å². The van der Waals surface area contributed by atoms with Crippen molar-refractivity contribution in [1.29, 1.82) is 0 Å². The van der Waals surface area contributed by atoms with Crippen LogP contribution >= 0.6 is 0 Å². The van der Waals surface area contributed by atoms with E-state index in [0.717, 1.165) is 30.4 Å². The van der Waals surface area contributed by atoms with Crippen molar-refractivity contribution in [3.05, 3.63) is 114 Å². The van der Waals surface area contributed by atoms with Crippen LogP contribution in [0.4, 0.5) is 11.5 Å². The number of carbonyl (C=O) groups excluding carboxylic acids is 1. The number of anilines is 2. The summed E-state index contributed by atoms with van der Waals surface area (Å²) >= 11 is 0. The Labute approximate surface area is 218 Å². The number of nitrogen functional groups attached to an aromatic ring is 1. The van der Waals surface area contributed by atoms with Gasteiger partial charge in [0.05, 0.1) is 24.4 Å². The van der Waals surface area contributed by atoms with Crippen molar-refractivity contribution in [2.24, 2.45) is 5.73 Å². The van der Waals surface area contributed by atoms with Crippen LogP contribution in [0.3, 0.4) is 0 Å². The number of hydrogen-bond donors (Lipinski definition) is 3. The molecular formula is C31H34N4O2. The average molecular weight is 495 g/mol. The molecular weight excluding hydrogens is 460 g/mol. The molecule has 2 atom stereocenters. The molecule has 4 rings (SSSR count). The molecule has 4 aromatic rings. The molecule has 1 heterocycles. The standard InChI is InChI=1S/C31H34N4O2/c1-2-3-11-28(37-21-22-12-14-24(15-13-22)23-8-5-4-6-9-23)29(32)25-16-18-26(19-17-25)31(36)35-27-10-7-20-34-30(27)33/h4-10,12-20,28-29H,2-3,11,21,32H2,1H3,(H2,33,34)(H,35,36). The predicted octanol–water partition coefficient (Wildman–Crippen LogP) is 6.36. The number of nitrogens with zero attached hydrogens (tertiary/aromatic N) is 1. The molecule has 6 heteroatoms. The van der Waals surface area contributed by atoms with E-state index < -0.39 is 0 Å². The quantitative estimate of drug-likeness (QED) is 0.225. The molecule has 190 valence electrons. The van der Waals surface area contributed by atoms with Gasteiger partial charge in [-0.3, -0.25) is 4.79 Å². The highest BCUT2D eigenvalue weighted by molar-refractivity contribution is 6.05. The number of amides is 1. The minimum absolute atomic E-state index is 0.136. The third-order valence-electron chi connectivity index (χ3n) is 6.41. The first kappa shape index (κ1) is 26.1. The molecule has 0 saturated carbocycles. The highest BCUT2D eigenvalue weighted by atomic mass is 16.5. The summed E-state index contributed by atoms with van der Waals surface area (Å²) in [4.78, 5) is 16.6. The normalized spacial score (nSPS) is 12.6. The number of nitrogens with one attached hydrogen (secondary N) is 1. The fourth-order valence-corrected chi connectivity index (χ4v) is 4.19. The van der Waals surface area contributed by atoms with Gasteiger partial charge in [-0.25, -0.2) is 4.98 Å². The van der Waals surface area contributed by atoms with Gasteiger partial charge in [0.2, 0.25) is 0 Å². The summed E-state index contributed by atoms with van der Waals surface area (Å²) in [6.07, 6.45) is 4.40. The van der Waals surface area contributed by atoms with Gasteiger partial charge in [0.25, 0.3) is 5.91 Å². The lowest BCUT2D eigenvalue weighted by Gasteiger charge is -2.25. The van der Waals surface area contributed by atoms with Crippen LogP contribution in [0.5, 0.6) is 0 Å². The lowest BCUT2D eigenvalue weighted by Crippen LogP contribution is -2.29. The van der Waals surface area contributed by atoms with Crippen LogP contribution in [0.15, 0.2) is 97.2 Å². The summed E-state index contributed by atoms with van der Waals surface area (Å²) in [5.41, 5.74) is 17.9. The number of ether oxygens (including phenoxy) is 1. The minimum atomic E-state index is -0.304. The molecule has 0 aliphatic heterocycles. The van der Waals surface area contributed by atoms with Gasteiger partial charge in [0.1, 0.15) is 5.82 Å². The van der Waals surface area contributed by atoms with Crippen molar-refractivity contribution in [3.63, 3.8) is 0 Å². The fraction of sp³-hybridized carbons (Fsp3) is 0.226. The number of hydrogen-bond acceptors (Lipinski definition) is 5. The number of unbranched alkanes of at least 4 members (excludes halogenated alkanes) is 1. The number of pyridine rings is 1. The Morgan fingerprint density at radius 3 is 2.30 bits per heavy atom. The van der Waals surface area contributed by atoms with Crippen molar-refractivity contribution >= 4 is 17.4 Å². The zero-order valence-corrected chi connectivity index (χ0v) is 21.1. The molecule has 0 aliphatic carbocycles. The first-order valence-corrected chi connectivity index (χ1v) is 12.7. The van der Waals surface area contributed by atoms with Crippen molar-refractivity contribution in [3.8, 4) is 11.1 Å². The zero-order valence-electron chi connectivity index (χ0n) is 21.1. The van der Waals surface area contributed by atoms with Crippen LogP contribution in [0.1, 0.15) is 53.7 Å². The van der Waals surface area contributed by atoms with Gasteiger partial charge in [-0.15, -0.1) is 0 Å². The largest absolute Gasteiger partial charge is 0.382 e. The maximum Gasteiger partial charge on any atom is 0.255 e. The molecule has 0 spiro atoms. The van der Waals surface area contributed by atoms with Gasteiger partial charge in [0, 0.05) is 11.8 Å². The van der Waals surface area contributed by atoms with Gasteiger partial charge in [0.15, 0.2) is 0 Å². The van der Waals surface area contributed by atoms with E-state index in [-0.39, 0.29) is 23.9 Å². The molecule has 37 heavy (non-hydrogen) atoms. The van der Waals surface area contributed by atoms with E-state index in [9.17, 15) is 4.79 Å². The second kappa shape index (κ2) is 12.8. The fourth-order valence-electron chi connectivity index (χ4n) is 4.19. The molecule has 6 nitrogen and oxygen atoms in total. The summed E-state index contributed by atoms with van der Waals surface area (Å²) in [5.74, 6) is 0.0256. The molecule has 3 aromatic carbocycles. The summed E-state index contributed by atoms with van der Waals surface area (Å²) in [5, 5.41) is 2.80. The van der Waals surface area contributed by atoms with Gasteiger partial charge in [-0.1, -0.05) is 86.5 Å². The van der Waals surface area contributed by atoms with Crippen LogP contribution in [0, 0.1) is 0 Å². The lowest BCUT2D eigenvalue weighted by molar-refractivity contribution is 0.0162. The molecule has 0 aliphatic rings. The van der Waals surface area contributed by atoms with E-state index in [1.165, 1.54) is 11.1 Å². The SMILES string of the molecule is CCCCC(OCc1ccc(-c2ccccc2)cc1)C(N)c1ccc(C(=O)Nc2cccnc2N)cc1. The van der Waals surface area contributed by atoms with E-state index in [1.54, 1.807) is 30.5 Å². The Kier molecular flexibility index (Phi) is 9.03. The Bertz CT molecular complexity index is 1270. The average Bonchev–Trinajstić information content (AvgIpc) is 2.95. The van der Waals surface area contributed by atoms with Gasteiger partial charge in [-0.05, 0) is 52.9 Å². The molecule has 0 bridgehead atoms. The van der Waals surface area contributed by atoms with Crippen LogP contribution in [-0.2, 0) is 11.3 Å². The Balaban J connectivity index is 1.39. The number of carbonyl (C=O) groups is 1. The van der Waals surface area contributed by atoms with Crippen molar-refractivity contribution in [2.45, 2.75) is 44.9 Å². The summed E-state index contributed by atoms with van der Waals surface area (Å²) in [6, 6.07) is 29.2. The third-order valence-corrected chi connectivity index (χ3v) is 6.41. The Morgan fingerprint density at radius 2 is 1.62 bits per heavy atom. The van der Waals surface area contributed by atoms with Crippen molar-refractivity contribution in [1.82, 2.24) is 4.98 Å². The highest BCUT2D eigenvalue weighted by Gasteiger charge is 2.21. The second-order valence-electron chi connectivity index (χ2n) is 9.09. The molecule has 0 radical (unpaired) electrons. The third kappa shape index (κ3) is 7.03. The molecule has 1 amide bonds. The summed E-state index contributed by atoms with van der Waals surface area (Å²) < 4.78 is 6.34. The number of nitrogens with two attached hydrogens (primary N) is 2. The van der Waals surface area contributed by atoms with Crippen LogP contribution < -0.4 is 16.8 Å². The van der Waals surface area contributed by atoms with Gasteiger partial charge < -0.3 is 21.5 Å². The molecule has 5 N–H and O–H groups in total. The second-order valence-corrected chi connectivity index (χ2v) is 9.09. The van der Waals surface area contributed by atoms with Crippen LogP contribution in [0.25, 0.3) is 11.1 Å². The predicted molar refractivity (Wildman–Crippen MR) is 150 cm³/mol. The van der Waals surface area contributed by atoms with Crippen molar-refractivity contribution in [2.75, 3.05) is 11.1 Å². The zero-order chi connectivity index (χ0) is 26.0. The van der Waals surface area contributed by atoms with E-state index in [2.05, 4.69) is 53.6 Å². The van der Waals surface area contributed by atoms with E-state index in [0.29, 0.717) is 17.9 Å².